The fourth-order valence-corrected chi connectivity index (χ4v) is 5.41. The van der Waals surface area contributed by atoms with Gasteiger partial charge in [0.1, 0.15) is 0 Å². The second-order valence-corrected chi connectivity index (χ2v) is 11.7. The average Bonchev–Trinajstić information content (AvgIpc) is 2.88. The Morgan fingerprint density at radius 1 is 0.811 bits per heavy atom. The summed E-state index contributed by atoms with van der Waals surface area (Å²) < 4.78 is 53.5. The van der Waals surface area contributed by atoms with Gasteiger partial charge in [0.2, 0.25) is 10.0 Å². The summed E-state index contributed by atoms with van der Waals surface area (Å²) in [6.45, 7) is 0.119. The van der Waals surface area contributed by atoms with Crippen LogP contribution in [0.25, 0.3) is 0 Å². The van der Waals surface area contributed by atoms with Crippen molar-refractivity contribution in [1.82, 2.24) is 4.98 Å². The van der Waals surface area contributed by atoms with E-state index in [0.717, 1.165) is 6.26 Å². The second-order valence-electron chi connectivity index (χ2n) is 8.13. The van der Waals surface area contributed by atoms with Gasteiger partial charge in [-0.05, 0) is 66.2 Å². The Labute approximate surface area is 215 Å². The topological polar surface area (TPSA) is 126 Å². The van der Waals surface area contributed by atoms with Crippen LogP contribution in [0.15, 0.2) is 108 Å². The van der Waals surface area contributed by atoms with Gasteiger partial charge >= 0.3 is 0 Å². The van der Waals surface area contributed by atoms with Gasteiger partial charge in [0.15, 0.2) is 0 Å². The number of hydrogen-bond acceptors (Lipinski definition) is 6. The number of anilines is 3. The van der Waals surface area contributed by atoms with E-state index in [0.29, 0.717) is 28.2 Å². The van der Waals surface area contributed by atoms with Gasteiger partial charge in [-0.25, -0.2) is 16.8 Å². The molecule has 0 saturated carbocycles. The lowest BCUT2D eigenvalue weighted by Gasteiger charge is -2.22. The molecule has 0 aliphatic carbocycles. The van der Waals surface area contributed by atoms with Crippen molar-refractivity contribution >= 4 is 43.0 Å². The van der Waals surface area contributed by atoms with Gasteiger partial charge in [-0.1, -0.05) is 30.3 Å². The first kappa shape index (κ1) is 25.9. The van der Waals surface area contributed by atoms with Gasteiger partial charge < -0.3 is 5.32 Å². The molecule has 3 aromatic carbocycles. The molecular weight excluding hydrogens is 512 g/mol. The molecule has 0 saturated heterocycles. The molecule has 11 heteroatoms. The minimum absolute atomic E-state index is 0.0348. The maximum atomic E-state index is 12.7. The largest absolute Gasteiger partial charge is 0.322 e. The molecule has 0 unspecified atom stereocenters. The molecule has 4 aromatic rings. The van der Waals surface area contributed by atoms with Gasteiger partial charge in [0.25, 0.3) is 15.9 Å². The van der Waals surface area contributed by atoms with Gasteiger partial charge in [-0.3, -0.25) is 18.8 Å². The Morgan fingerprint density at radius 2 is 1.49 bits per heavy atom. The van der Waals surface area contributed by atoms with Crippen LogP contribution in [0, 0.1) is 0 Å². The SMILES string of the molecule is CS(=O)(=O)N(Cc1ccc(C(=O)Nc2ccc(S(=O)(=O)Nc3cccnc3)cc2)cc1)c1ccccc1. The third kappa shape index (κ3) is 6.72. The highest BCUT2D eigenvalue weighted by Crippen LogP contribution is 2.21. The number of para-hydroxylation sites is 1. The lowest BCUT2D eigenvalue weighted by atomic mass is 10.1. The van der Waals surface area contributed by atoms with Crippen molar-refractivity contribution in [3.05, 3.63) is 115 Å². The monoisotopic (exact) mass is 536 g/mol. The number of nitrogens with zero attached hydrogens (tertiary/aromatic N) is 2. The zero-order valence-corrected chi connectivity index (χ0v) is 21.4. The summed E-state index contributed by atoms with van der Waals surface area (Å²) >= 11 is 0. The molecule has 1 amide bonds. The summed E-state index contributed by atoms with van der Waals surface area (Å²) in [6.07, 6.45) is 4.09. The number of hydrogen-bond donors (Lipinski definition) is 2. The van der Waals surface area contributed by atoms with Crippen molar-refractivity contribution in [2.24, 2.45) is 0 Å². The molecule has 0 radical (unpaired) electrons. The van der Waals surface area contributed by atoms with E-state index >= 15 is 0 Å². The Bertz CT molecular complexity index is 1580. The van der Waals surface area contributed by atoms with E-state index in [1.165, 1.54) is 41.0 Å². The molecule has 1 aromatic heterocycles. The van der Waals surface area contributed by atoms with Gasteiger partial charge in [0, 0.05) is 17.4 Å². The van der Waals surface area contributed by atoms with Crippen LogP contribution in [-0.4, -0.2) is 34.0 Å². The summed E-state index contributed by atoms with van der Waals surface area (Å²) in [5.74, 6) is -0.390. The van der Waals surface area contributed by atoms with Crippen LogP contribution in [0.2, 0.25) is 0 Å². The first-order chi connectivity index (χ1) is 17.6. The number of rotatable bonds is 9. The molecule has 0 aliphatic rings. The summed E-state index contributed by atoms with van der Waals surface area (Å²) in [5.41, 5.74) is 2.38. The fraction of sp³-hybridized carbons (Fsp3) is 0.0769. The highest BCUT2D eigenvalue weighted by molar-refractivity contribution is 7.92. The third-order valence-corrected chi connectivity index (χ3v) is 7.86. The standard InChI is InChI=1S/C26H24N4O5S2/c1-36(32,33)30(24-7-3-2-4-8-24)19-20-9-11-21(12-10-20)26(31)28-22-13-15-25(16-14-22)37(34,35)29-23-6-5-17-27-18-23/h2-18,29H,19H2,1H3,(H,28,31). The molecule has 0 atom stereocenters. The van der Waals surface area contributed by atoms with Crippen LogP contribution in [0.1, 0.15) is 15.9 Å². The predicted octanol–water partition coefficient (Wildman–Crippen LogP) is 4.10. The van der Waals surface area contributed by atoms with E-state index < -0.39 is 26.0 Å². The maximum Gasteiger partial charge on any atom is 0.261 e. The number of aromatic nitrogens is 1. The van der Waals surface area contributed by atoms with Crippen molar-refractivity contribution in [2.45, 2.75) is 11.4 Å². The summed E-state index contributed by atoms with van der Waals surface area (Å²) in [4.78, 5) is 16.6. The van der Waals surface area contributed by atoms with Crippen molar-refractivity contribution in [3.8, 4) is 0 Å². The fourth-order valence-electron chi connectivity index (χ4n) is 3.48. The maximum absolute atomic E-state index is 12.7. The molecule has 0 bridgehead atoms. The van der Waals surface area contributed by atoms with Gasteiger partial charge in [-0.2, -0.15) is 0 Å². The lowest BCUT2D eigenvalue weighted by molar-refractivity contribution is 0.102. The smallest absolute Gasteiger partial charge is 0.261 e. The second kappa shape index (κ2) is 10.8. The van der Waals surface area contributed by atoms with E-state index in [1.807, 2.05) is 6.07 Å². The van der Waals surface area contributed by atoms with Crippen LogP contribution < -0.4 is 14.3 Å². The zero-order valence-electron chi connectivity index (χ0n) is 19.8. The predicted molar refractivity (Wildman–Crippen MR) is 143 cm³/mol. The Morgan fingerprint density at radius 3 is 2.08 bits per heavy atom. The molecule has 4 rings (SSSR count). The van der Waals surface area contributed by atoms with E-state index in [-0.39, 0.29) is 11.4 Å². The summed E-state index contributed by atoms with van der Waals surface area (Å²) in [6, 6.07) is 24.3. The highest BCUT2D eigenvalue weighted by atomic mass is 32.2. The van der Waals surface area contributed by atoms with Crippen molar-refractivity contribution in [3.63, 3.8) is 0 Å². The van der Waals surface area contributed by atoms with E-state index in [2.05, 4.69) is 15.0 Å². The average molecular weight is 537 g/mol. The van der Waals surface area contributed by atoms with Crippen LogP contribution in [0.4, 0.5) is 17.1 Å². The molecule has 0 fully saturated rings. The Hall–Kier alpha value is -4.22. The van der Waals surface area contributed by atoms with Crippen LogP contribution in [0.5, 0.6) is 0 Å². The quantitative estimate of drug-likeness (QED) is 0.332. The molecule has 1 heterocycles. The summed E-state index contributed by atoms with van der Waals surface area (Å²) in [7, 11) is -7.32. The van der Waals surface area contributed by atoms with Crippen molar-refractivity contribution in [2.75, 3.05) is 20.6 Å². The molecule has 0 spiro atoms. The molecule has 9 nitrogen and oxygen atoms in total. The lowest BCUT2D eigenvalue weighted by Crippen LogP contribution is -2.29. The Balaban J connectivity index is 1.42. The number of sulfonamides is 2. The van der Waals surface area contributed by atoms with E-state index in [4.69, 9.17) is 0 Å². The van der Waals surface area contributed by atoms with Crippen LogP contribution in [0.3, 0.4) is 0 Å². The number of amides is 1. The zero-order chi connectivity index (χ0) is 26.5. The van der Waals surface area contributed by atoms with Crippen molar-refractivity contribution in [1.29, 1.82) is 0 Å². The highest BCUT2D eigenvalue weighted by Gasteiger charge is 2.18. The normalized spacial score (nSPS) is 11.5. The number of carbonyl (C=O) groups is 1. The first-order valence-electron chi connectivity index (χ1n) is 11.1. The van der Waals surface area contributed by atoms with Gasteiger partial charge in [0.05, 0.1) is 35.3 Å². The Kier molecular flexibility index (Phi) is 7.55. The molecule has 2 N–H and O–H groups in total. The third-order valence-electron chi connectivity index (χ3n) is 5.32. The number of benzene rings is 3. The van der Waals surface area contributed by atoms with E-state index in [1.54, 1.807) is 60.7 Å². The van der Waals surface area contributed by atoms with Gasteiger partial charge in [-0.15, -0.1) is 0 Å². The molecule has 0 aliphatic heterocycles. The van der Waals surface area contributed by atoms with Crippen LogP contribution in [-0.2, 0) is 26.6 Å². The van der Waals surface area contributed by atoms with E-state index in [9.17, 15) is 21.6 Å². The summed E-state index contributed by atoms with van der Waals surface area (Å²) in [5, 5.41) is 2.73. The number of carbonyl (C=O) groups excluding carboxylic acids is 1. The van der Waals surface area contributed by atoms with Crippen LogP contribution >= 0.6 is 0 Å². The number of pyridine rings is 1. The molecule has 190 valence electrons. The first-order valence-corrected chi connectivity index (χ1v) is 14.4. The molecular formula is C26H24N4O5S2. The number of nitrogens with one attached hydrogen (secondary N) is 2. The minimum Gasteiger partial charge on any atom is -0.322 e. The minimum atomic E-state index is -3.81. The molecule has 37 heavy (non-hydrogen) atoms. The van der Waals surface area contributed by atoms with Crippen molar-refractivity contribution < 1.29 is 21.6 Å².